The van der Waals surface area contributed by atoms with E-state index in [9.17, 15) is 21.6 Å². The first-order valence-electron chi connectivity index (χ1n) is 8.44. The molecule has 0 fully saturated rings. The van der Waals surface area contributed by atoms with Gasteiger partial charge in [-0.25, -0.2) is 21.6 Å². The van der Waals surface area contributed by atoms with E-state index in [4.69, 9.17) is 16.7 Å². The molecule has 0 saturated carbocycles. The van der Waals surface area contributed by atoms with Crippen molar-refractivity contribution in [1.29, 1.82) is 0 Å². The highest BCUT2D eigenvalue weighted by atomic mass is 35.5. The number of benzene rings is 2. The van der Waals surface area contributed by atoms with E-state index in [0.29, 0.717) is 10.6 Å². The van der Waals surface area contributed by atoms with Gasteiger partial charge in [0.15, 0.2) is 0 Å². The zero-order chi connectivity index (χ0) is 22.0. The van der Waals surface area contributed by atoms with Crippen molar-refractivity contribution in [3.05, 3.63) is 52.5 Å². The van der Waals surface area contributed by atoms with Gasteiger partial charge in [0.2, 0.25) is 10.0 Å². The van der Waals surface area contributed by atoms with E-state index in [2.05, 4.69) is 4.72 Å². The summed E-state index contributed by atoms with van der Waals surface area (Å²) in [5, 5.41) is 9.08. The average molecular weight is 461 g/mol. The van der Waals surface area contributed by atoms with Crippen LogP contribution in [-0.2, 0) is 24.8 Å². The summed E-state index contributed by atoms with van der Waals surface area (Å²) in [6, 6.07) is 8.51. The fraction of sp³-hybridized carbons (Fsp3) is 0.278. The lowest BCUT2D eigenvalue weighted by Gasteiger charge is -2.25. The van der Waals surface area contributed by atoms with Crippen molar-refractivity contribution in [2.45, 2.75) is 30.1 Å². The van der Waals surface area contributed by atoms with Crippen molar-refractivity contribution in [3.63, 3.8) is 0 Å². The van der Waals surface area contributed by atoms with Crippen LogP contribution in [0.15, 0.2) is 46.2 Å². The third kappa shape index (κ3) is 5.08. The maximum absolute atomic E-state index is 13.0. The molecule has 0 spiro atoms. The molecule has 0 aliphatic carbocycles. The minimum absolute atomic E-state index is 0.0102. The highest BCUT2D eigenvalue weighted by Gasteiger charge is 2.27. The molecule has 0 unspecified atom stereocenters. The number of carboxylic acids is 1. The molecule has 0 amide bonds. The van der Waals surface area contributed by atoms with Crippen molar-refractivity contribution < 1.29 is 26.7 Å². The highest BCUT2D eigenvalue weighted by molar-refractivity contribution is 7.92. The molecule has 0 aromatic heterocycles. The normalized spacial score (nSPS) is 12.0. The number of sulfonamides is 2. The molecule has 2 aromatic carbocycles. The molecular formula is C18H21ClN2O6S2. The maximum atomic E-state index is 13.0. The molecule has 2 aromatic rings. The van der Waals surface area contributed by atoms with Gasteiger partial charge in [-0.05, 0) is 55.3 Å². The minimum Gasteiger partial charge on any atom is -0.481 e. The SMILES string of the molecule is Cc1ccc(S(=O)(=O)NCCC(=O)O)c(C)c1N(C)S(=O)(=O)c1ccc(Cl)cc1. The topological polar surface area (TPSA) is 121 Å². The lowest BCUT2D eigenvalue weighted by atomic mass is 10.1. The van der Waals surface area contributed by atoms with E-state index in [0.717, 1.165) is 4.31 Å². The first kappa shape index (κ1) is 23.1. The Morgan fingerprint density at radius 2 is 1.66 bits per heavy atom. The summed E-state index contributed by atoms with van der Waals surface area (Å²) in [5.41, 5.74) is 1.01. The van der Waals surface area contributed by atoms with Crippen molar-refractivity contribution in [1.82, 2.24) is 4.72 Å². The lowest BCUT2D eigenvalue weighted by Crippen LogP contribution is -2.30. The molecule has 2 rings (SSSR count). The van der Waals surface area contributed by atoms with Crippen LogP contribution in [0.3, 0.4) is 0 Å². The molecule has 29 heavy (non-hydrogen) atoms. The molecule has 0 radical (unpaired) electrons. The predicted molar refractivity (Wildman–Crippen MR) is 110 cm³/mol. The van der Waals surface area contributed by atoms with Gasteiger partial charge in [-0.3, -0.25) is 9.10 Å². The fourth-order valence-electron chi connectivity index (χ4n) is 2.85. The summed E-state index contributed by atoms with van der Waals surface area (Å²) in [4.78, 5) is 10.5. The summed E-state index contributed by atoms with van der Waals surface area (Å²) in [6.45, 7) is 2.89. The Kier molecular flexibility index (Phi) is 6.94. The summed E-state index contributed by atoms with van der Waals surface area (Å²) in [5.74, 6) is -1.14. The van der Waals surface area contributed by atoms with Crippen LogP contribution in [0, 0.1) is 13.8 Å². The van der Waals surface area contributed by atoms with Crippen molar-refractivity contribution in [2.24, 2.45) is 0 Å². The number of hydrogen-bond acceptors (Lipinski definition) is 5. The van der Waals surface area contributed by atoms with Gasteiger partial charge in [0.05, 0.1) is 21.9 Å². The van der Waals surface area contributed by atoms with E-state index in [1.54, 1.807) is 6.92 Å². The molecule has 158 valence electrons. The molecule has 2 N–H and O–H groups in total. The van der Waals surface area contributed by atoms with Crippen LogP contribution in [0.5, 0.6) is 0 Å². The van der Waals surface area contributed by atoms with E-state index in [1.165, 1.54) is 50.4 Å². The second-order valence-corrected chi connectivity index (χ2v) is 10.5. The quantitative estimate of drug-likeness (QED) is 0.624. The number of aliphatic carboxylic acids is 1. The zero-order valence-corrected chi connectivity index (χ0v) is 18.4. The number of halogens is 1. The van der Waals surface area contributed by atoms with Gasteiger partial charge in [-0.2, -0.15) is 0 Å². The second-order valence-electron chi connectivity index (χ2n) is 6.32. The number of nitrogens with one attached hydrogen (secondary N) is 1. The highest BCUT2D eigenvalue weighted by Crippen LogP contribution is 2.33. The van der Waals surface area contributed by atoms with Gasteiger partial charge in [0, 0.05) is 18.6 Å². The molecule has 8 nitrogen and oxygen atoms in total. The Hall–Kier alpha value is -2.14. The maximum Gasteiger partial charge on any atom is 0.304 e. The zero-order valence-electron chi connectivity index (χ0n) is 16.0. The summed E-state index contributed by atoms with van der Waals surface area (Å²) in [6.07, 6.45) is -0.373. The molecule has 11 heteroatoms. The molecular weight excluding hydrogens is 440 g/mol. The summed E-state index contributed by atoms with van der Waals surface area (Å²) < 4.78 is 54.4. The van der Waals surface area contributed by atoms with Gasteiger partial charge in [0.1, 0.15) is 0 Å². The number of carboxylic acid groups (broad SMARTS) is 1. The Morgan fingerprint density at radius 1 is 1.07 bits per heavy atom. The van der Waals surface area contributed by atoms with E-state index in [-0.39, 0.29) is 34.0 Å². The van der Waals surface area contributed by atoms with Crippen molar-refractivity contribution in [3.8, 4) is 0 Å². The van der Waals surface area contributed by atoms with E-state index in [1.807, 2.05) is 0 Å². The van der Waals surface area contributed by atoms with Crippen molar-refractivity contribution in [2.75, 3.05) is 17.9 Å². The van der Waals surface area contributed by atoms with Crippen LogP contribution < -0.4 is 9.03 Å². The number of anilines is 1. The number of carbonyl (C=O) groups is 1. The third-order valence-corrected chi connectivity index (χ3v) is 7.92. The lowest BCUT2D eigenvalue weighted by molar-refractivity contribution is -0.136. The Bertz CT molecular complexity index is 1130. The van der Waals surface area contributed by atoms with Crippen LogP contribution in [0.25, 0.3) is 0 Å². The Morgan fingerprint density at radius 3 is 2.21 bits per heavy atom. The van der Waals surface area contributed by atoms with E-state index >= 15 is 0 Å². The summed E-state index contributed by atoms with van der Waals surface area (Å²) >= 11 is 5.82. The summed E-state index contributed by atoms with van der Waals surface area (Å²) in [7, 11) is -6.65. The standard InChI is InChI=1S/C18H21ClN2O6S2/c1-12-4-9-16(28(24,25)20-11-10-17(22)23)13(2)18(12)21(3)29(26,27)15-7-5-14(19)6-8-15/h4-9,20H,10-11H2,1-3H3,(H,22,23). The van der Waals surface area contributed by atoms with Crippen molar-refractivity contribution >= 4 is 43.3 Å². The average Bonchev–Trinajstić information content (AvgIpc) is 2.61. The van der Waals surface area contributed by atoms with Gasteiger partial charge >= 0.3 is 5.97 Å². The molecule has 0 heterocycles. The molecule has 0 bridgehead atoms. The Labute approximate surface area is 175 Å². The number of rotatable bonds is 8. The largest absolute Gasteiger partial charge is 0.481 e. The minimum atomic E-state index is -4.03. The van der Waals surface area contributed by atoms with Gasteiger partial charge < -0.3 is 5.11 Å². The van der Waals surface area contributed by atoms with Crippen LogP contribution in [-0.4, -0.2) is 41.5 Å². The number of aryl methyl sites for hydroxylation is 1. The monoisotopic (exact) mass is 460 g/mol. The van der Waals surface area contributed by atoms with Gasteiger partial charge in [0.25, 0.3) is 10.0 Å². The second kappa shape index (κ2) is 8.70. The number of hydrogen-bond donors (Lipinski definition) is 2. The Balaban J connectivity index is 2.49. The smallest absolute Gasteiger partial charge is 0.304 e. The molecule has 0 saturated heterocycles. The third-order valence-electron chi connectivity index (χ3n) is 4.29. The molecule has 0 aliphatic rings. The molecule has 0 atom stereocenters. The predicted octanol–water partition coefficient (Wildman–Crippen LogP) is 2.53. The molecule has 0 aliphatic heterocycles. The van der Waals surface area contributed by atoms with Crippen LogP contribution in [0.1, 0.15) is 17.5 Å². The van der Waals surface area contributed by atoms with Gasteiger partial charge in [-0.15, -0.1) is 0 Å². The van der Waals surface area contributed by atoms with Crippen LogP contribution in [0.2, 0.25) is 5.02 Å². The van der Waals surface area contributed by atoms with E-state index < -0.39 is 26.0 Å². The number of nitrogens with zero attached hydrogens (tertiary/aromatic N) is 1. The van der Waals surface area contributed by atoms with Crippen LogP contribution in [0.4, 0.5) is 5.69 Å². The first-order chi connectivity index (χ1) is 13.4. The van der Waals surface area contributed by atoms with Gasteiger partial charge in [-0.1, -0.05) is 17.7 Å². The first-order valence-corrected chi connectivity index (χ1v) is 11.7. The fourth-order valence-corrected chi connectivity index (χ4v) is 5.56. The van der Waals surface area contributed by atoms with Crippen LogP contribution >= 0.6 is 11.6 Å².